The summed E-state index contributed by atoms with van der Waals surface area (Å²) < 4.78 is 79.7. The van der Waals surface area contributed by atoms with Crippen LogP contribution in [0.15, 0.2) is 53.4 Å². The third-order valence-corrected chi connectivity index (χ3v) is 8.32. The smallest absolute Gasteiger partial charge is 0.368 e. The molecule has 2 aliphatic rings. The summed E-state index contributed by atoms with van der Waals surface area (Å²) in [5.41, 5.74) is -0.241. The number of piperidine rings is 1. The van der Waals surface area contributed by atoms with Gasteiger partial charge in [0.1, 0.15) is 10.7 Å². The SMILES string of the molecule is O=C(C1CCN(S(=O)(=O)c2ccccc2F)CC1)N1CCN(c2cccc(C(F)(F)F)c2)CC1. The highest BCUT2D eigenvalue weighted by Crippen LogP contribution is 2.32. The lowest BCUT2D eigenvalue weighted by Gasteiger charge is -2.39. The maximum atomic E-state index is 14.0. The summed E-state index contributed by atoms with van der Waals surface area (Å²) in [5.74, 6) is -1.22. The van der Waals surface area contributed by atoms with Crippen molar-refractivity contribution < 1.29 is 30.8 Å². The van der Waals surface area contributed by atoms with E-state index < -0.39 is 27.6 Å². The molecule has 0 aromatic heterocycles. The second kappa shape index (κ2) is 9.53. The second-order valence-electron chi connectivity index (χ2n) is 8.47. The van der Waals surface area contributed by atoms with Crippen LogP contribution in [0.1, 0.15) is 18.4 Å². The summed E-state index contributed by atoms with van der Waals surface area (Å²) >= 11 is 0. The van der Waals surface area contributed by atoms with Crippen LogP contribution in [-0.4, -0.2) is 62.8 Å². The molecule has 0 N–H and O–H groups in total. The Balaban J connectivity index is 1.32. The van der Waals surface area contributed by atoms with E-state index in [1.807, 2.05) is 4.90 Å². The van der Waals surface area contributed by atoms with Crippen LogP contribution in [0.3, 0.4) is 0 Å². The number of carbonyl (C=O) groups excluding carboxylic acids is 1. The lowest BCUT2D eigenvalue weighted by molar-refractivity contribution is -0.137. The van der Waals surface area contributed by atoms with E-state index in [1.165, 1.54) is 28.6 Å². The van der Waals surface area contributed by atoms with Crippen LogP contribution in [0.5, 0.6) is 0 Å². The average Bonchev–Trinajstić information content (AvgIpc) is 2.83. The number of rotatable bonds is 4. The zero-order valence-electron chi connectivity index (χ0n) is 18.3. The molecule has 0 spiro atoms. The molecule has 11 heteroatoms. The van der Waals surface area contributed by atoms with Crippen molar-refractivity contribution in [3.8, 4) is 0 Å². The average molecular weight is 500 g/mol. The number of hydrogen-bond donors (Lipinski definition) is 0. The molecule has 0 aliphatic carbocycles. The number of alkyl halides is 3. The third kappa shape index (κ3) is 5.05. The Morgan fingerprint density at radius 3 is 2.15 bits per heavy atom. The number of piperazine rings is 1. The molecule has 2 saturated heterocycles. The number of halogens is 4. The van der Waals surface area contributed by atoms with E-state index in [0.717, 1.165) is 18.2 Å². The predicted octanol–water partition coefficient (Wildman–Crippen LogP) is 3.59. The molecule has 0 bridgehead atoms. The summed E-state index contributed by atoms with van der Waals surface area (Å²) in [7, 11) is -3.97. The number of sulfonamides is 1. The number of benzene rings is 2. The standard InChI is InChI=1S/C23H25F4N3O3S/c24-20-6-1-2-7-21(20)34(32,33)30-10-8-17(9-11-30)22(31)29-14-12-28(13-15-29)19-5-3-4-18(16-19)23(25,26)27/h1-7,16-17H,8-15H2. The topological polar surface area (TPSA) is 60.9 Å². The van der Waals surface area contributed by atoms with Crippen molar-refractivity contribution in [2.45, 2.75) is 23.9 Å². The van der Waals surface area contributed by atoms with Crippen LogP contribution in [0.25, 0.3) is 0 Å². The van der Waals surface area contributed by atoms with Crippen LogP contribution in [0, 0.1) is 11.7 Å². The lowest BCUT2D eigenvalue weighted by Crippen LogP contribution is -2.52. The van der Waals surface area contributed by atoms with Crippen molar-refractivity contribution in [3.05, 3.63) is 59.9 Å². The zero-order chi connectivity index (χ0) is 24.5. The van der Waals surface area contributed by atoms with Gasteiger partial charge in [0.15, 0.2) is 0 Å². The Morgan fingerprint density at radius 1 is 0.882 bits per heavy atom. The normalized spacial score (nSPS) is 18.8. The van der Waals surface area contributed by atoms with Crippen LogP contribution < -0.4 is 4.90 Å². The fourth-order valence-electron chi connectivity index (χ4n) is 4.46. The molecule has 6 nitrogen and oxygen atoms in total. The van der Waals surface area contributed by atoms with E-state index in [-0.39, 0.29) is 29.8 Å². The molecule has 1 amide bonds. The number of nitrogens with zero attached hydrogens (tertiary/aromatic N) is 3. The van der Waals surface area contributed by atoms with Crippen molar-refractivity contribution in [3.63, 3.8) is 0 Å². The van der Waals surface area contributed by atoms with Gasteiger partial charge in [-0.3, -0.25) is 4.79 Å². The molecular formula is C23H25F4N3O3S. The molecule has 0 radical (unpaired) electrons. The van der Waals surface area contributed by atoms with Crippen LogP contribution in [0.4, 0.5) is 23.2 Å². The summed E-state index contributed by atoms with van der Waals surface area (Å²) in [6.45, 7) is 1.82. The first kappa shape index (κ1) is 24.5. The number of hydrogen-bond acceptors (Lipinski definition) is 4. The number of carbonyl (C=O) groups is 1. The molecule has 0 atom stereocenters. The van der Waals surface area contributed by atoms with Gasteiger partial charge in [-0.1, -0.05) is 18.2 Å². The molecule has 4 rings (SSSR count). The number of anilines is 1. The van der Waals surface area contributed by atoms with Gasteiger partial charge < -0.3 is 9.80 Å². The summed E-state index contributed by atoms with van der Waals surface area (Å²) in [5, 5.41) is 0. The van der Waals surface area contributed by atoms with Crippen molar-refractivity contribution in [1.82, 2.24) is 9.21 Å². The molecule has 2 aliphatic heterocycles. The van der Waals surface area contributed by atoms with Gasteiger partial charge in [0, 0.05) is 50.9 Å². The molecule has 34 heavy (non-hydrogen) atoms. The molecular weight excluding hydrogens is 474 g/mol. The summed E-state index contributed by atoms with van der Waals surface area (Å²) in [6, 6.07) is 10.4. The second-order valence-corrected chi connectivity index (χ2v) is 10.4. The highest BCUT2D eigenvalue weighted by Gasteiger charge is 2.36. The van der Waals surface area contributed by atoms with Crippen molar-refractivity contribution in [2.75, 3.05) is 44.2 Å². The summed E-state index contributed by atoms with van der Waals surface area (Å²) in [4.78, 5) is 16.1. The van der Waals surface area contributed by atoms with Crippen molar-refractivity contribution in [2.24, 2.45) is 5.92 Å². The minimum absolute atomic E-state index is 0.0772. The van der Waals surface area contributed by atoms with Gasteiger partial charge in [-0.05, 0) is 43.2 Å². The van der Waals surface area contributed by atoms with Gasteiger partial charge in [0.2, 0.25) is 15.9 Å². The van der Waals surface area contributed by atoms with E-state index in [1.54, 1.807) is 11.0 Å². The van der Waals surface area contributed by atoms with Gasteiger partial charge in [0.05, 0.1) is 5.56 Å². The first-order valence-electron chi connectivity index (χ1n) is 11.0. The monoisotopic (exact) mass is 499 g/mol. The van der Waals surface area contributed by atoms with Gasteiger partial charge >= 0.3 is 6.18 Å². The van der Waals surface area contributed by atoms with E-state index in [9.17, 15) is 30.8 Å². The minimum atomic E-state index is -4.41. The Labute approximate surface area is 195 Å². The van der Waals surface area contributed by atoms with Crippen LogP contribution >= 0.6 is 0 Å². The minimum Gasteiger partial charge on any atom is -0.368 e. The van der Waals surface area contributed by atoms with Crippen LogP contribution in [-0.2, 0) is 21.0 Å². The third-order valence-electron chi connectivity index (χ3n) is 6.39. The van der Waals surface area contributed by atoms with E-state index >= 15 is 0 Å². The van der Waals surface area contributed by atoms with E-state index in [4.69, 9.17) is 0 Å². The fraction of sp³-hybridized carbons (Fsp3) is 0.435. The maximum Gasteiger partial charge on any atom is 0.416 e. The Morgan fingerprint density at radius 2 is 1.53 bits per heavy atom. The first-order chi connectivity index (χ1) is 16.1. The van der Waals surface area contributed by atoms with E-state index in [0.29, 0.717) is 44.7 Å². The van der Waals surface area contributed by atoms with Crippen molar-refractivity contribution >= 4 is 21.6 Å². The quantitative estimate of drug-likeness (QED) is 0.604. The maximum absolute atomic E-state index is 14.0. The zero-order valence-corrected chi connectivity index (χ0v) is 19.2. The molecule has 0 saturated carbocycles. The first-order valence-corrected chi connectivity index (χ1v) is 12.5. The highest BCUT2D eigenvalue weighted by molar-refractivity contribution is 7.89. The lowest BCUT2D eigenvalue weighted by atomic mass is 9.96. The Hall–Kier alpha value is -2.66. The van der Waals surface area contributed by atoms with E-state index in [2.05, 4.69) is 0 Å². The molecule has 184 valence electrons. The van der Waals surface area contributed by atoms with Gasteiger partial charge in [-0.15, -0.1) is 0 Å². The molecule has 2 heterocycles. The molecule has 0 unspecified atom stereocenters. The van der Waals surface area contributed by atoms with Crippen LogP contribution in [0.2, 0.25) is 0 Å². The highest BCUT2D eigenvalue weighted by atomic mass is 32.2. The molecule has 2 aromatic rings. The fourth-order valence-corrected chi connectivity index (χ4v) is 5.99. The summed E-state index contributed by atoms with van der Waals surface area (Å²) in [6.07, 6.45) is -3.75. The van der Waals surface area contributed by atoms with Gasteiger partial charge in [0.25, 0.3) is 0 Å². The van der Waals surface area contributed by atoms with Crippen molar-refractivity contribution in [1.29, 1.82) is 0 Å². The molecule has 2 aromatic carbocycles. The molecule has 2 fully saturated rings. The largest absolute Gasteiger partial charge is 0.416 e. The Bertz CT molecular complexity index is 1140. The Kier molecular flexibility index (Phi) is 6.86. The predicted molar refractivity (Wildman–Crippen MR) is 118 cm³/mol. The number of amides is 1. The van der Waals surface area contributed by atoms with Gasteiger partial charge in [-0.25, -0.2) is 12.8 Å². The van der Waals surface area contributed by atoms with Gasteiger partial charge in [-0.2, -0.15) is 17.5 Å².